The maximum absolute atomic E-state index is 12.5. The van der Waals surface area contributed by atoms with Crippen LogP contribution in [0.4, 0.5) is 0 Å². The van der Waals surface area contributed by atoms with Crippen molar-refractivity contribution in [3.63, 3.8) is 0 Å². The van der Waals surface area contributed by atoms with Crippen molar-refractivity contribution in [3.8, 4) is 23.0 Å². The zero-order valence-electron chi connectivity index (χ0n) is 19.2. The van der Waals surface area contributed by atoms with Crippen molar-refractivity contribution in [1.82, 2.24) is 15.2 Å². The minimum Gasteiger partial charge on any atom is -0.493 e. The van der Waals surface area contributed by atoms with Gasteiger partial charge in [-0.3, -0.25) is 9.69 Å². The van der Waals surface area contributed by atoms with Gasteiger partial charge in [-0.1, -0.05) is 0 Å². The molecule has 1 aromatic heterocycles. The number of oxazole rings is 1. The van der Waals surface area contributed by atoms with Crippen molar-refractivity contribution in [3.05, 3.63) is 29.7 Å². The van der Waals surface area contributed by atoms with Crippen LogP contribution in [-0.2, 0) is 16.1 Å². The zero-order chi connectivity index (χ0) is 22.5. The molecule has 0 saturated carbocycles. The Hall–Kier alpha value is -2.58. The van der Waals surface area contributed by atoms with Gasteiger partial charge < -0.3 is 23.9 Å². The fraction of sp³-hybridized carbons (Fsp3) is 0.583. The van der Waals surface area contributed by atoms with Crippen molar-refractivity contribution in [2.45, 2.75) is 45.3 Å². The SMILES string of the molecule is COc1ccc(-c2nc(CN3CCC(C(=O)NCC4CCCO4)CC3)c(C)o2)cc1OC. The number of carbonyl (C=O) groups is 1. The number of likely N-dealkylation sites (tertiary alicyclic amines) is 1. The largest absolute Gasteiger partial charge is 0.493 e. The predicted molar refractivity (Wildman–Crippen MR) is 120 cm³/mol. The number of aromatic nitrogens is 1. The second-order valence-corrected chi connectivity index (χ2v) is 8.52. The van der Waals surface area contributed by atoms with Crippen LogP contribution >= 0.6 is 0 Å². The standard InChI is InChI=1S/C24H33N3O5/c1-16-20(26-24(32-16)18-6-7-21(29-2)22(13-18)30-3)15-27-10-8-17(9-11-27)23(28)25-14-19-5-4-12-31-19/h6-7,13,17,19H,4-5,8-12,14-15H2,1-3H3,(H,25,28). The summed E-state index contributed by atoms with van der Waals surface area (Å²) in [6, 6.07) is 5.63. The number of amides is 1. The third kappa shape index (κ3) is 5.24. The molecule has 0 radical (unpaired) electrons. The van der Waals surface area contributed by atoms with E-state index >= 15 is 0 Å². The smallest absolute Gasteiger partial charge is 0.226 e. The number of nitrogens with one attached hydrogen (secondary N) is 1. The summed E-state index contributed by atoms with van der Waals surface area (Å²) in [5.41, 5.74) is 1.77. The maximum Gasteiger partial charge on any atom is 0.226 e. The zero-order valence-corrected chi connectivity index (χ0v) is 19.2. The quantitative estimate of drug-likeness (QED) is 0.671. The molecular formula is C24H33N3O5. The predicted octanol–water partition coefficient (Wildman–Crippen LogP) is 3.17. The van der Waals surface area contributed by atoms with Crippen LogP contribution in [0.25, 0.3) is 11.5 Å². The summed E-state index contributed by atoms with van der Waals surface area (Å²) in [6.07, 6.45) is 4.04. The number of benzene rings is 1. The fourth-order valence-electron chi connectivity index (χ4n) is 4.40. The van der Waals surface area contributed by atoms with Crippen LogP contribution in [0.3, 0.4) is 0 Å². The molecule has 0 spiro atoms. The Labute approximate surface area is 189 Å². The number of hydrogen-bond acceptors (Lipinski definition) is 7. The second kappa shape index (κ2) is 10.4. The molecule has 2 aromatic rings. The van der Waals surface area contributed by atoms with E-state index in [2.05, 4.69) is 10.2 Å². The molecule has 1 unspecified atom stereocenters. The molecule has 174 valence electrons. The number of methoxy groups -OCH3 is 2. The van der Waals surface area contributed by atoms with E-state index in [4.69, 9.17) is 23.6 Å². The average Bonchev–Trinajstić information content (AvgIpc) is 3.47. The van der Waals surface area contributed by atoms with Crippen LogP contribution in [0, 0.1) is 12.8 Å². The third-order valence-electron chi connectivity index (χ3n) is 6.38. The Bertz CT molecular complexity index is 914. The lowest BCUT2D eigenvalue weighted by atomic mass is 9.95. The average molecular weight is 444 g/mol. The summed E-state index contributed by atoms with van der Waals surface area (Å²) in [5.74, 6) is 2.93. The van der Waals surface area contributed by atoms with Gasteiger partial charge in [-0.05, 0) is 63.9 Å². The molecule has 2 fully saturated rings. The molecule has 2 aliphatic rings. The summed E-state index contributed by atoms with van der Waals surface area (Å²) < 4.78 is 22.2. The Morgan fingerprint density at radius 1 is 1.19 bits per heavy atom. The minimum atomic E-state index is 0.0772. The van der Waals surface area contributed by atoms with E-state index < -0.39 is 0 Å². The first kappa shape index (κ1) is 22.6. The highest BCUT2D eigenvalue weighted by molar-refractivity contribution is 5.78. The Balaban J connectivity index is 1.31. The van der Waals surface area contributed by atoms with Gasteiger partial charge in [-0.25, -0.2) is 4.98 Å². The van der Waals surface area contributed by atoms with Gasteiger partial charge in [0.1, 0.15) is 5.76 Å². The monoisotopic (exact) mass is 443 g/mol. The van der Waals surface area contributed by atoms with Gasteiger partial charge in [-0.15, -0.1) is 0 Å². The van der Waals surface area contributed by atoms with Gasteiger partial charge in [0.2, 0.25) is 11.8 Å². The second-order valence-electron chi connectivity index (χ2n) is 8.52. The molecule has 1 atom stereocenters. The summed E-state index contributed by atoms with van der Waals surface area (Å²) >= 11 is 0. The normalized spacial score (nSPS) is 19.8. The lowest BCUT2D eigenvalue weighted by molar-refractivity contribution is -0.127. The van der Waals surface area contributed by atoms with Crippen LogP contribution in [-0.4, -0.2) is 62.4 Å². The third-order valence-corrected chi connectivity index (χ3v) is 6.38. The molecule has 8 nitrogen and oxygen atoms in total. The van der Waals surface area contributed by atoms with Gasteiger partial charge in [0, 0.05) is 31.2 Å². The number of rotatable bonds is 8. The topological polar surface area (TPSA) is 86.1 Å². The molecule has 1 N–H and O–H groups in total. The molecule has 1 aromatic carbocycles. The summed E-state index contributed by atoms with van der Waals surface area (Å²) in [7, 11) is 3.22. The van der Waals surface area contributed by atoms with E-state index in [1.807, 2.05) is 25.1 Å². The Morgan fingerprint density at radius 2 is 1.97 bits per heavy atom. The Kier molecular flexibility index (Phi) is 7.32. The van der Waals surface area contributed by atoms with Gasteiger partial charge in [0.25, 0.3) is 0 Å². The highest BCUT2D eigenvalue weighted by Gasteiger charge is 2.27. The lowest BCUT2D eigenvalue weighted by Gasteiger charge is -2.31. The highest BCUT2D eigenvalue weighted by Crippen LogP contribution is 2.33. The first-order valence-corrected chi connectivity index (χ1v) is 11.4. The summed E-state index contributed by atoms with van der Waals surface area (Å²) in [6.45, 7) is 5.85. The molecule has 32 heavy (non-hydrogen) atoms. The first-order valence-electron chi connectivity index (χ1n) is 11.4. The van der Waals surface area contributed by atoms with E-state index in [-0.39, 0.29) is 17.9 Å². The summed E-state index contributed by atoms with van der Waals surface area (Å²) in [4.78, 5) is 19.6. The fourth-order valence-corrected chi connectivity index (χ4v) is 4.40. The number of ether oxygens (including phenoxy) is 3. The first-order chi connectivity index (χ1) is 15.6. The number of piperidine rings is 1. The number of nitrogens with zero attached hydrogens (tertiary/aromatic N) is 2. The van der Waals surface area contributed by atoms with E-state index in [1.54, 1.807) is 14.2 Å². The molecule has 4 rings (SSSR count). The molecular weight excluding hydrogens is 410 g/mol. The molecule has 0 bridgehead atoms. The lowest BCUT2D eigenvalue weighted by Crippen LogP contribution is -2.42. The van der Waals surface area contributed by atoms with E-state index in [0.717, 1.165) is 62.4 Å². The number of aryl methyl sites for hydroxylation is 1. The summed E-state index contributed by atoms with van der Waals surface area (Å²) in [5, 5.41) is 3.08. The van der Waals surface area contributed by atoms with E-state index in [1.165, 1.54) is 0 Å². The van der Waals surface area contributed by atoms with Crippen molar-refractivity contribution in [2.75, 3.05) is 40.5 Å². The van der Waals surface area contributed by atoms with Crippen molar-refractivity contribution < 1.29 is 23.4 Å². The van der Waals surface area contributed by atoms with Gasteiger partial charge >= 0.3 is 0 Å². The van der Waals surface area contributed by atoms with Crippen molar-refractivity contribution >= 4 is 5.91 Å². The van der Waals surface area contributed by atoms with Crippen molar-refractivity contribution in [2.24, 2.45) is 5.92 Å². The van der Waals surface area contributed by atoms with E-state index in [9.17, 15) is 4.79 Å². The Morgan fingerprint density at radius 3 is 2.66 bits per heavy atom. The molecule has 2 aliphatic heterocycles. The van der Waals surface area contributed by atoms with Crippen LogP contribution in [0.2, 0.25) is 0 Å². The molecule has 0 aliphatic carbocycles. The van der Waals surface area contributed by atoms with Gasteiger partial charge in [0.15, 0.2) is 11.5 Å². The number of hydrogen-bond donors (Lipinski definition) is 1. The van der Waals surface area contributed by atoms with Gasteiger partial charge in [0.05, 0.1) is 26.0 Å². The number of carbonyl (C=O) groups excluding carboxylic acids is 1. The molecule has 2 saturated heterocycles. The highest BCUT2D eigenvalue weighted by atomic mass is 16.5. The van der Waals surface area contributed by atoms with Gasteiger partial charge in [-0.2, -0.15) is 0 Å². The molecule has 8 heteroatoms. The van der Waals surface area contributed by atoms with Crippen LogP contribution in [0.1, 0.15) is 37.1 Å². The van der Waals surface area contributed by atoms with Crippen molar-refractivity contribution in [1.29, 1.82) is 0 Å². The van der Waals surface area contributed by atoms with E-state index in [0.29, 0.717) is 30.5 Å². The maximum atomic E-state index is 12.5. The minimum absolute atomic E-state index is 0.0772. The van der Waals surface area contributed by atoms with Crippen LogP contribution < -0.4 is 14.8 Å². The molecule has 1 amide bonds. The van der Waals surface area contributed by atoms with Crippen LogP contribution in [0.15, 0.2) is 22.6 Å². The molecule has 3 heterocycles. The van der Waals surface area contributed by atoms with Crippen LogP contribution in [0.5, 0.6) is 11.5 Å².